The van der Waals surface area contributed by atoms with Gasteiger partial charge in [-0.25, -0.2) is 0 Å². The van der Waals surface area contributed by atoms with Gasteiger partial charge >= 0.3 is 0 Å². The van der Waals surface area contributed by atoms with E-state index in [1.165, 1.54) is 0 Å². The molecule has 3 aromatic rings. The van der Waals surface area contributed by atoms with Crippen LogP contribution >= 0.6 is 11.3 Å². The Bertz CT molecular complexity index is 959. The number of nitrogens with zero attached hydrogens (tertiary/aromatic N) is 3. The van der Waals surface area contributed by atoms with Gasteiger partial charge < -0.3 is 19.3 Å². The molecule has 0 spiro atoms. The van der Waals surface area contributed by atoms with E-state index < -0.39 is 0 Å². The molecule has 1 aliphatic heterocycles. The second-order valence-corrected chi connectivity index (χ2v) is 8.08. The van der Waals surface area contributed by atoms with Crippen molar-refractivity contribution in [3.05, 3.63) is 41.6 Å². The van der Waals surface area contributed by atoms with Crippen molar-refractivity contribution in [2.24, 2.45) is 0 Å². The molecule has 1 saturated heterocycles. The van der Waals surface area contributed by atoms with Crippen LogP contribution in [0.1, 0.15) is 24.7 Å². The summed E-state index contributed by atoms with van der Waals surface area (Å²) in [6.45, 7) is 1.93. The summed E-state index contributed by atoms with van der Waals surface area (Å²) in [5.41, 5.74) is 0.651. The third-order valence-corrected chi connectivity index (χ3v) is 5.99. The van der Waals surface area contributed by atoms with Gasteiger partial charge in [0, 0.05) is 29.8 Å². The molecule has 1 fully saturated rings. The molecule has 4 rings (SSSR count). The van der Waals surface area contributed by atoms with Crippen molar-refractivity contribution >= 4 is 22.9 Å². The molecule has 2 aromatic heterocycles. The maximum atomic E-state index is 12.5. The summed E-state index contributed by atoms with van der Waals surface area (Å²) in [6.07, 6.45) is 1.76. The predicted octanol–water partition coefficient (Wildman–Crippen LogP) is 3.63. The highest BCUT2D eigenvalue weighted by atomic mass is 32.1. The van der Waals surface area contributed by atoms with Crippen LogP contribution in [0.3, 0.4) is 0 Å². The number of carbonyl (C=O) groups is 1. The number of anilines is 1. The molecule has 1 aromatic carbocycles. The Morgan fingerprint density at radius 3 is 2.60 bits per heavy atom. The number of thiophene rings is 1. The van der Waals surface area contributed by atoms with Gasteiger partial charge in [0.15, 0.2) is 0 Å². The minimum absolute atomic E-state index is 0.0680. The van der Waals surface area contributed by atoms with Crippen molar-refractivity contribution in [3.8, 4) is 22.2 Å². The summed E-state index contributed by atoms with van der Waals surface area (Å²) in [7, 11) is 3.16. The zero-order chi connectivity index (χ0) is 20.9. The highest BCUT2D eigenvalue weighted by Gasteiger charge is 2.26. The molecule has 158 valence electrons. The smallest absolute Gasteiger partial charge is 0.238 e. The summed E-state index contributed by atoms with van der Waals surface area (Å²) in [6, 6.07) is 9.27. The average Bonchev–Trinajstić information content (AvgIpc) is 3.46. The van der Waals surface area contributed by atoms with Gasteiger partial charge in [0.2, 0.25) is 17.6 Å². The van der Waals surface area contributed by atoms with E-state index in [1.54, 1.807) is 43.8 Å². The number of nitrogens with one attached hydrogen (secondary N) is 1. The molecule has 0 aliphatic carbocycles. The first-order valence-electron chi connectivity index (χ1n) is 9.77. The number of hydrogen-bond donors (Lipinski definition) is 1. The lowest BCUT2D eigenvalue weighted by Crippen LogP contribution is -2.38. The SMILES string of the molecule is COc1cc(NC(=O)CN2CCC(c3nc(-c4cccs4)no3)CC2)cc(OC)c1. The minimum Gasteiger partial charge on any atom is -0.497 e. The number of carbonyl (C=O) groups excluding carboxylic acids is 1. The van der Waals surface area contributed by atoms with E-state index in [0.717, 1.165) is 30.8 Å². The zero-order valence-corrected chi connectivity index (χ0v) is 17.8. The van der Waals surface area contributed by atoms with E-state index in [9.17, 15) is 4.79 Å². The molecular weight excluding hydrogens is 404 g/mol. The summed E-state index contributed by atoms with van der Waals surface area (Å²) in [5, 5.41) is 9.02. The van der Waals surface area contributed by atoms with Gasteiger partial charge in [-0.15, -0.1) is 11.3 Å². The second kappa shape index (κ2) is 9.27. The molecule has 30 heavy (non-hydrogen) atoms. The topological polar surface area (TPSA) is 89.7 Å². The van der Waals surface area contributed by atoms with Gasteiger partial charge in [0.05, 0.1) is 25.6 Å². The van der Waals surface area contributed by atoms with Crippen molar-refractivity contribution in [2.75, 3.05) is 39.2 Å². The Morgan fingerprint density at radius 2 is 1.97 bits per heavy atom. The van der Waals surface area contributed by atoms with Crippen molar-refractivity contribution in [2.45, 2.75) is 18.8 Å². The summed E-state index contributed by atoms with van der Waals surface area (Å²) in [4.78, 5) is 20.2. The van der Waals surface area contributed by atoms with Crippen molar-refractivity contribution in [1.82, 2.24) is 15.0 Å². The Kier molecular flexibility index (Phi) is 6.29. The van der Waals surface area contributed by atoms with Crippen molar-refractivity contribution in [3.63, 3.8) is 0 Å². The molecule has 1 N–H and O–H groups in total. The summed E-state index contributed by atoms with van der Waals surface area (Å²) < 4.78 is 16.0. The molecule has 9 heteroatoms. The van der Waals surface area contributed by atoms with Crippen LogP contribution in [0.2, 0.25) is 0 Å². The van der Waals surface area contributed by atoms with E-state index in [-0.39, 0.29) is 11.8 Å². The first-order chi connectivity index (χ1) is 14.6. The van der Waals surface area contributed by atoms with Crippen LogP contribution in [0.15, 0.2) is 40.2 Å². The quantitative estimate of drug-likeness (QED) is 0.614. The normalized spacial score (nSPS) is 15.1. The molecule has 3 heterocycles. The first kappa shape index (κ1) is 20.4. The number of methoxy groups -OCH3 is 2. The maximum absolute atomic E-state index is 12.5. The van der Waals surface area contributed by atoms with E-state index >= 15 is 0 Å². The van der Waals surface area contributed by atoms with Crippen LogP contribution in [-0.2, 0) is 4.79 Å². The Morgan fingerprint density at radius 1 is 1.23 bits per heavy atom. The first-order valence-corrected chi connectivity index (χ1v) is 10.7. The van der Waals surface area contributed by atoms with Gasteiger partial charge in [0.1, 0.15) is 11.5 Å². The number of likely N-dealkylation sites (tertiary alicyclic amines) is 1. The number of rotatable bonds is 7. The highest BCUT2D eigenvalue weighted by molar-refractivity contribution is 7.13. The molecule has 0 saturated carbocycles. The van der Waals surface area contributed by atoms with E-state index in [0.29, 0.717) is 35.4 Å². The largest absolute Gasteiger partial charge is 0.497 e. The van der Waals surface area contributed by atoms with Crippen LogP contribution in [-0.4, -0.2) is 54.8 Å². The van der Waals surface area contributed by atoms with E-state index in [1.807, 2.05) is 17.5 Å². The molecular formula is C21H24N4O4S. The van der Waals surface area contributed by atoms with E-state index in [4.69, 9.17) is 14.0 Å². The van der Waals surface area contributed by atoms with Gasteiger partial charge in [-0.1, -0.05) is 11.2 Å². The third-order valence-electron chi connectivity index (χ3n) is 5.12. The molecule has 0 atom stereocenters. The van der Waals surface area contributed by atoms with Gasteiger partial charge in [0.25, 0.3) is 0 Å². The summed E-state index contributed by atoms with van der Waals surface area (Å²) in [5.74, 6) is 2.76. The fraction of sp³-hybridized carbons (Fsp3) is 0.381. The van der Waals surface area contributed by atoms with Gasteiger partial charge in [-0.3, -0.25) is 9.69 Å². The number of ether oxygens (including phenoxy) is 2. The number of amides is 1. The maximum Gasteiger partial charge on any atom is 0.238 e. The lowest BCUT2D eigenvalue weighted by molar-refractivity contribution is -0.117. The summed E-state index contributed by atoms with van der Waals surface area (Å²) >= 11 is 1.59. The van der Waals surface area contributed by atoms with E-state index in [2.05, 4.69) is 20.4 Å². The fourth-order valence-electron chi connectivity index (χ4n) is 3.53. The lowest BCUT2D eigenvalue weighted by atomic mass is 9.97. The Balaban J connectivity index is 1.29. The lowest BCUT2D eigenvalue weighted by Gasteiger charge is -2.29. The van der Waals surface area contributed by atoms with Crippen LogP contribution in [0, 0.1) is 0 Å². The third kappa shape index (κ3) is 4.80. The van der Waals surface area contributed by atoms with Crippen LogP contribution in [0.4, 0.5) is 5.69 Å². The number of aromatic nitrogens is 2. The molecule has 8 nitrogen and oxygen atoms in total. The minimum atomic E-state index is -0.0680. The van der Waals surface area contributed by atoms with Crippen molar-refractivity contribution in [1.29, 1.82) is 0 Å². The molecule has 0 unspecified atom stereocenters. The van der Waals surface area contributed by atoms with Crippen molar-refractivity contribution < 1.29 is 18.8 Å². The number of piperidine rings is 1. The Hall–Kier alpha value is -2.91. The van der Waals surface area contributed by atoms with Gasteiger partial charge in [-0.05, 0) is 37.4 Å². The highest BCUT2D eigenvalue weighted by Crippen LogP contribution is 2.30. The zero-order valence-electron chi connectivity index (χ0n) is 17.0. The molecule has 0 bridgehead atoms. The molecule has 1 amide bonds. The van der Waals surface area contributed by atoms with Crippen LogP contribution < -0.4 is 14.8 Å². The Labute approximate surface area is 178 Å². The number of hydrogen-bond acceptors (Lipinski definition) is 8. The fourth-order valence-corrected chi connectivity index (χ4v) is 4.18. The second-order valence-electron chi connectivity index (χ2n) is 7.13. The van der Waals surface area contributed by atoms with Crippen LogP contribution in [0.25, 0.3) is 10.7 Å². The average molecular weight is 429 g/mol. The van der Waals surface area contributed by atoms with Crippen LogP contribution in [0.5, 0.6) is 11.5 Å². The predicted molar refractivity (Wildman–Crippen MR) is 114 cm³/mol. The molecule has 0 radical (unpaired) electrons. The number of benzene rings is 1. The standard InChI is InChI=1S/C21H24N4O4S/c1-27-16-10-15(11-17(12-16)28-2)22-19(26)13-25-7-5-14(6-8-25)21-23-20(24-29-21)18-4-3-9-30-18/h3-4,9-12,14H,5-8,13H2,1-2H3,(H,22,26). The monoisotopic (exact) mass is 428 g/mol. The molecule has 1 aliphatic rings. The van der Waals surface area contributed by atoms with Gasteiger partial charge in [-0.2, -0.15) is 4.98 Å².